The van der Waals surface area contributed by atoms with E-state index < -0.39 is 0 Å². The number of carbonyl (C=O) groups is 1. The number of nitrogens with two attached hydrogens (primary N) is 2. The van der Waals surface area contributed by atoms with Crippen molar-refractivity contribution < 1.29 is 14.3 Å². The first-order valence-corrected chi connectivity index (χ1v) is 9.03. The number of carbonyl (C=O) groups excluding carboxylic acids is 1. The number of allylic oxidation sites excluding steroid dienone is 1. The molecule has 146 valence electrons. The molecule has 2 saturated heterocycles. The van der Waals surface area contributed by atoms with Crippen molar-refractivity contribution in [2.75, 3.05) is 33.4 Å². The second-order valence-electron chi connectivity index (χ2n) is 6.75. The molecule has 8 nitrogen and oxygen atoms in total. The smallest absolute Gasteiger partial charge is 0.272 e. The number of hydrogen-bond donors (Lipinski definition) is 3. The molecule has 0 aromatic carbocycles. The molecule has 0 bridgehead atoms. The molecule has 0 aliphatic carbocycles. The lowest BCUT2D eigenvalue weighted by atomic mass is 9.99. The van der Waals surface area contributed by atoms with E-state index in [4.69, 9.17) is 20.9 Å². The van der Waals surface area contributed by atoms with E-state index in [0.717, 1.165) is 32.2 Å². The minimum Gasteiger partial charge on any atom is -0.399 e. The van der Waals surface area contributed by atoms with Crippen molar-refractivity contribution in [3.63, 3.8) is 0 Å². The summed E-state index contributed by atoms with van der Waals surface area (Å²) in [7, 11) is 1.72. The van der Waals surface area contributed by atoms with Gasteiger partial charge in [-0.15, -0.1) is 0 Å². The highest BCUT2D eigenvalue weighted by Crippen LogP contribution is 2.19. The van der Waals surface area contributed by atoms with Gasteiger partial charge in [0.2, 0.25) is 0 Å². The molecule has 2 rings (SSSR count). The summed E-state index contributed by atoms with van der Waals surface area (Å²) in [6.07, 6.45) is 3.89. The van der Waals surface area contributed by atoms with E-state index in [1.807, 2.05) is 0 Å². The van der Waals surface area contributed by atoms with Crippen LogP contribution in [0.25, 0.3) is 0 Å². The minimum atomic E-state index is -0.157. The standard InChI is InChI=1S/C18H31N5O3/c1-12(13(2)20)17(21-11-19)18(24)23-7-4-14(5-8-23)22-15-6-9-26-10-16(15)25-3/h11,14-16,22H,2,4-10,20H2,1,3H3,(H2,19,21)/b17-12-/t15-,16+/m0/s1. The van der Waals surface area contributed by atoms with Crippen LogP contribution >= 0.6 is 0 Å². The van der Waals surface area contributed by atoms with E-state index in [-0.39, 0.29) is 17.7 Å². The van der Waals surface area contributed by atoms with E-state index >= 15 is 0 Å². The van der Waals surface area contributed by atoms with Crippen molar-refractivity contribution >= 4 is 12.2 Å². The maximum Gasteiger partial charge on any atom is 0.272 e. The highest BCUT2D eigenvalue weighted by atomic mass is 16.5. The highest BCUT2D eigenvalue weighted by molar-refractivity contribution is 5.95. The van der Waals surface area contributed by atoms with Crippen LogP contribution in [-0.2, 0) is 14.3 Å². The van der Waals surface area contributed by atoms with Crippen molar-refractivity contribution in [3.05, 3.63) is 23.5 Å². The Morgan fingerprint density at radius 2 is 2.08 bits per heavy atom. The SMILES string of the molecule is C=C(N)/C(C)=C(\N=C/N)C(=O)N1CCC(N[C@H]2CCOC[C@H]2OC)CC1. The number of hydrogen-bond acceptors (Lipinski definition) is 6. The number of amides is 1. The second kappa shape index (κ2) is 9.70. The normalized spacial score (nSPS) is 26.0. The molecule has 2 atom stereocenters. The molecule has 2 aliphatic rings. The first-order valence-electron chi connectivity index (χ1n) is 9.03. The number of ether oxygens (including phenoxy) is 2. The van der Waals surface area contributed by atoms with E-state index in [1.165, 1.54) is 0 Å². The van der Waals surface area contributed by atoms with Gasteiger partial charge in [0, 0.05) is 50.2 Å². The highest BCUT2D eigenvalue weighted by Gasteiger charge is 2.31. The van der Waals surface area contributed by atoms with Crippen molar-refractivity contribution in [2.45, 2.75) is 44.4 Å². The molecule has 0 aromatic rings. The predicted molar refractivity (Wildman–Crippen MR) is 101 cm³/mol. The number of rotatable bonds is 6. The molecule has 26 heavy (non-hydrogen) atoms. The van der Waals surface area contributed by atoms with Crippen molar-refractivity contribution in [3.8, 4) is 0 Å². The molecule has 2 heterocycles. The summed E-state index contributed by atoms with van der Waals surface area (Å²) in [5, 5.41) is 3.67. The van der Waals surface area contributed by atoms with Gasteiger partial charge in [0.1, 0.15) is 5.70 Å². The van der Waals surface area contributed by atoms with Crippen LogP contribution in [0, 0.1) is 0 Å². The topological polar surface area (TPSA) is 115 Å². The number of nitrogens with one attached hydrogen (secondary N) is 1. The lowest BCUT2D eigenvalue weighted by Crippen LogP contribution is -2.54. The monoisotopic (exact) mass is 365 g/mol. The number of likely N-dealkylation sites (tertiary alicyclic amines) is 1. The summed E-state index contributed by atoms with van der Waals surface area (Å²) in [5.41, 5.74) is 12.2. The Kier molecular flexibility index (Phi) is 7.62. The molecule has 0 unspecified atom stereocenters. The van der Waals surface area contributed by atoms with Crippen LogP contribution in [0.15, 0.2) is 28.5 Å². The summed E-state index contributed by atoms with van der Waals surface area (Å²) in [6, 6.07) is 0.650. The van der Waals surface area contributed by atoms with Gasteiger partial charge in [0.15, 0.2) is 0 Å². The third kappa shape index (κ3) is 5.06. The zero-order valence-corrected chi connectivity index (χ0v) is 15.7. The Labute approximate surface area is 155 Å². The molecule has 0 spiro atoms. The Bertz CT molecular complexity index is 567. The Morgan fingerprint density at radius 3 is 2.65 bits per heavy atom. The first kappa shape index (κ1) is 20.4. The third-order valence-corrected chi connectivity index (χ3v) is 5.08. The van der Waals surface area contributed by atoms with Crippen LogP contribution in [0.3, 0.4) is 0 Å². The number of piperidine rings is 1. The average molecular weight is 365 g/mol. The van der Waals surface area contributed by atoms with Gasteiger partial charge in [-0.25, -0.2) is 4.99 Å². The fourth-order valence-corrected chi connectivity index (χ4v) is 3.38. The van der Waals surface area contributed by atoms with Crippen molar-refractivity contribution in [1.29, 1.82) is 0 Å². The molecular weight excluding hydrogens is 334 g/mol. The summed E-state index contributed by atoms with van der Waals surface area (Å²) < 4.78 is 11.0. The van der Waals surface area contributed by atoms with Crippen LogP contribution in [0.2, 0.25) is 0 Å². The van der Waals surface area contributed by atoms with Crippen LogP contribution < -0.4 is 16.8 Å². The van der Waals surface area contributed by atoms with E-state index in [9.17, 15) is 4.79 Å². The molecular formula is C18H31N5O3. The number of aliphatic imine (C=N–C) groups is 1. The number of methoxy groups -OCH3 is 1. The van der Waals surface area contributed by atoms with Gasteiger partial charge < -0.3 is 31.2 Å². The fraction of sp³-hybridized carbons (Fsp3) is 0.667. The van der Waals surface area contributed by atoms with Gasteiger partial charge in [-0.1, -0.05) is 6.58 Å². The van der Waals surface area contributed by atoms with Crippen LogP contribution in [0.1, 0.15) is 26.2 Å². The lowest BCUT2D eigenvalue weighted by molar-refractivity contribution is -0.128. The zero-order valence-electron chi connectivity index (χ0n) is 15.7. The molecule has 0 saturated carbocycles. The first-order chi connectivity index (χ1) is 12.5. The Hall–Kier alpha value is -1.90. The van der Waals surface area contributed by atoms with E-state index in [2.05, 4.69) is 16.9 Å². The van der Waals surface area contributed by atoms with Gasteiger partial charge in [-0.3, -0.25) is 4.79 Å². The molecule has 2 fully saturated rings. The maximum atomic E-state index is 12.8. The largest absolute Gasteiger partial charge is 0.399 e. The Balaban J connectivity index is 1.93. The molecule has 8 heteroatoms. The summed E-state index contributed by atoms with van der Waals surface area (Å²) in [5.74, 6) is -0.157. The molecule has 1 amide bonds. The summed E-state index contributed by atoms with van der Waals surface area (Å²) >= 11 is 0. The molecule has 0 aromatic heterocycles. The molecule has 2 aliphatic heterocycles. The molecule has 5 N–H and O–H groups in total. The summed E-state index contributed by atoms with van der Waals surface area (Å²) in [4.78, 5) is 18.6. The van der Waals surface area contributed by atoms with Crippen molar-refractivity contribution in [2.24, 2.45) is 16.5 Å². The van der Waals surface area contributed by atoms with Crippen LogP contribution in [-0.4, -0.2) is 68.7 Å². The maximum absolute atomic E-state index is 12.8. The van der Waals surface area contributed by atoms with E-state index in [0.29, 0.717) is 43.1 Å². The fourth-order valence-electron chi connectivity index (χ4n) is 3.38. The summed E-state index contributed by atoms with van der Waals surface area (Å²) in [6.45, 7) is 8.10. The van der Waals surface area contributed by atoms with Gasteiger partial charge in [0.25, 0.3) is 5.91 Å². The number of nitrogens with zero attached hydrogens (tertiary/aromatic N) is 2. The third-order valence-electron chi connectivity index (χ3n) is 5.08. The van der Waals surface area contributed by atoms with E-state index in [1.54, 1.807) is 18.9 Å². The Morgan fingerprint density at radius 1 is 1.38 bits per heavy atom. The molecule has 0 radical (unpaired) electrons. The lowest BCUT2D eigenvalue weighted by Gasteiger charge is -2.38. The van der Waals surface area contributed by atoms with Gasteiger partial charge in [-0.2, -0.15) is 0 Å². The predicted octanol–water partition coefficient (Wildman–Crippen LogP) is 0.104. The zero-order chi connectivity index (χ0) is 19.1. The van der Waals surface area contributed by atoms with Gasteiger partial charge >= 0.3 is 0 Å². The minimum absolute atomic E-state index is 0.0788. The van der Waals surface area contributed by atoms with Gasteiger partial charge in [-0.05, 0) is 26.2 Å². The van der Waals surface area contributed by atoms with Crippen LogP contribution in [0.5, 0.6) is 0 Å². The second-order valence-corrected chi connectivity index (χ2v) is 6.75. The quantitative estimate of drug-likeness (QED) is 0.266. The van der Waals surface area contributed by atoms with Gasteiger partial charge in [0.05, 0.1) is 19.0 Å². The van der Waals surface area contributed by atoms with Crippen molar-refractivity contribution in [1.82, 2.24) is 10.2 Å². The van der Waals surface area contributed by atoms with Crippen LogP contribution in [0.4, 0.5) is 0 Å². The average Bonchev–Trinajstić information content (AvgIpc) is 2.66.